The molecule has 49 heavy (non-hydrogen) atoms. The first-order chi connectivity index (χ1) is 25.7. The molecule has 0 saturated heterocycles. The molecule has 0 N–H and O–H groups in total. The van der Waals surface area contributed by atoms with Crippen LogP contribution in [0.25, 0.3) is 44.6 Å². The van der Waals surface area contributed by atoms with Gasteiger partial charge in [0.15, 0.2) is 0 Å². The monoisotopic (exact) mass is 845 g/mol. The van der Waals surface area contributed by atoms with Crippen molar-refractivity contribution in [2.24, 2.45) is 5.41 Å². The summed E-state index contributed by atoms with van der Waals surface area (Å²) in [5.74, 6) is 0. The average molecular weight is 845 g/mol. The number of furan rings is 1. The van der Waals surface area contributed by atoms with Crippen molar-refractivity contribution in [2.45, 2.75) is 60.0 Å². The fourth-order valence-electron chi connectivity index (χ4n) is 5.42. The van der Waals surface area contributed by atoms with Gasteiger partial charge in [-0.3, -0.25) is 0 Å². The molecular weight excluding hydrogens is 795 g/mol. The minimum atomic E-state index is -2.32. The number of aromatic nitrogens is 3. The van der Waals surface area contributed by atoms with Crippen LogP contribution in [0.4, 0.5) is 0 Å². The molecule has 0 fully saturated rings. The number of nitrogens with zero attached hydrogens (tertiary/aromatic N) is 3. The molecular formula is C43H43IrN3OSi-2. The molecule has 0 unspecified atom stereocenters. The molecule has 1 radical (unpaired) electrons. The van der Waals surface area contributed by atoms with Crippen LogP contribution in [0.1, 0.15) is 52.8 Å². The maximum atomic E-state index is 8.84. The minimum Gasteiger partial charge on any atom is -0.486 e. The van der Waals surface area contributed by atoms with Crippen molar-refractivity contribution >= 4 is 35.3 Å². The van der Waals surface area contributed by atoms with E-state index < -0.39 is 33.1 Å². The van der Waals surface area contributed by atoms with Crippen molar-refractivity contribution in [3.05, 3.63) is 144 Å². The van der Waals surface area contributed by atoms with Crippen molar-refractivity contribution in [3.63, 3.8) is 0 Å². The number of pyridine rings is 3. The summed E-state index contributed by atoms with van der Waals surface area (Å²) in [5.41, 5.74) is 4.76. The summed E-state index contributed by atoms with van der Waals surface area (Å²) in [6.07, 6.45) is 0.318. The molecule has 4 aromatic heterocycles. The summed E-state index contributed by atoms with van der Waals surface area (Å²) < 4.78 is 63.4. The Morgan fingerprint density at radius 3 is 2.33 bits per heavy atom. The summed E-state index contributed by atoms with van der Waals surface area (Å²) in [5, 5.41) is 2.53. The Labute approximate surface area is 315 Å². The molecule has 0 aliphatic heterocycles. The molecule has 6 heteroatoms. The maximum Gasteiger partial charge on any atom is 0.216 e. The van der Waals surface area contributed by atoms with Crippen molar-refractivity contribution < 1.29 is 34.1 Å². The fourth-order valence-corrected chi connectivity index (χ4v) is 6.82. The van der Waals surface area contributed by atoms with Gasteiger partial charge in [0.05, 0.1) is 13.7 Å². The van der Waals surface area contributed by atoms with Gasteiger partial charge in [0, 0.05) is 53.2 Å². The molecule has 0 aliphatic carbocycles. The number of hydrogen-bond donors (Lipinski definition) is 0. The Kier molecular flexibility index (Phi) is 8.51. The summed E-state index contributed by atoms with van der Waals surface area (Å²) in [4.78, 5) is 13.2. The van der Waals surface area contributed by atoms with Crippen LogP contribution in [-0.2, 0) is 32.9 Å². The number of aryl methyl sites for hydroxylation is 1. The van der Waals surface area contributed by atoms with E-state index in [0.29, 0.717) is 33.4 Å². The Morgan fingerprint density at radius 1 is 0.816 bits per heavy atom. The standard InChI is InChI=1S/C22H21N2O.C21H22NSi.Ir/c1-14-8-9-17-16-6-5-7-18(20(16)25-21(17)24-14)19-12-15(10-11-23-19)13-22(2,3)4;1-23(2,3)21-16-22-20(18-12-8-5-9-13-18)15-19(21)14-17-10-6-4-7-11-17;/h5-6,8-12H,13H2,1-4H3;4-12,15-16H,14H2,1-3H3;/q2*-1;/i1D3,13D2;14D2;. The SMILES string of the molecule is [2H]C([2H])([2H])c1ccc2c(n1)oc1c(-c3cc(C([2H])([2H])C(C)(C)C)ccn3)[c-]ccc12.[2H]C([2H])(c1ccccc1)c1cc(-c2[c-]cccc2)ncc1[Si](C)(C)C.[Ir]. The normalized spacial score (nSPS) is 14.5. The summed E-state index contributed by atoms with van der Waals surface area (Å²) in [6, 6.07) is 35.4. The smallest absolute Gasteiger partial charge is 0.216 e. The molecule has 7 rings (SSSR count). The first kappa shape index (κ1) is 27.6. The zero-order chi connectivity index (χ0) is 40.0. The van der Waals surface area contributed by atoms with Crippen LogP contribution in [0, 0.1) is 24.4 Å². The van der Waals surface area contributed by atoms with Gasteiger partial charge in [-0.2, -0.15) is 0 Å². The Bertz CT molecular complexity index is 2460. The van der Waals surface area contributed by atoms with E-state index in [1.807, 2.05) is 93.7 Å². The topological polar surface area (TPSA) is 51.8 Å². The predicted molar refractivity (Wildman–Crippen MR) is 202 cm³/mol. The molecule has 3 aromatic carbocycles. The molecule has 0 saturated carbocycles. The second-order valence-corrected chi connectivity index (χ2v) is 18.7. The molecule has 251 valence electrons. The Hall–Kier alpha value is -4.22. The first-order valence-corrected chi connectivity index (χ1v) is 19.4. The fraction of sp³-hybridized carbons (Fsp3) is 0.233. The van der Waals surface area contributed by atoms with E-state index in [1.54, 1.807) is 30.5 Å². The third-order valence-electron chi connectivity index (χ3n) is 7.58. The number of benzene rings is 3. The molecule has 0 amide bonds. The molecule has 7 aromatic rings. The van der Waals surface area contributed by atoms with Gasteiger partial charge in [-0.15, -0.1) is 54.1 Å². The Balaban J connectivity index is 0.000000214. The van der Waals surface area contributed by atoms with Gasteiger partial charge in [0.2, 0.25) is 5.71 Å². The molecule has 0 aliphatic rings. The summed E-state index contributed by atoms with van der Waals surface area (Å²) in [6.45, 7) is 9.92. The van der Waals surface area contributed by atoms with Crippen LogP contribution in [0.15, 0.2) is 114 Å². The van der Waals surface area contributed by atoms with Gasteiger partial charge in [-0.25, -0.2) is 4.98 Å². The van der Waals surface area contributed by atoms with Crippen LogP contribution in [0.5, 0.6) is 0 Å². The predicted octanol–water partition coefficient (Wildman–Crippen LogP) is 10.4. The largest absolute Gasteiger partial charge is 0.486 e. The van der Waals surface area contributed by atoms with Crippen molar-refractivity contribution in [1.29, 1.82) is 0 Å². The molecule has 0 bridgehead atoms. The van der Waals surface area contributed by atoms with E-state index in [0.717, 1.165) is 27.4 Å². The van der Waals surface area contributed by atoms with Crippen molar-refractivity contribution in [2.75, 3.05) is 0 Å². The Morgan fingerprint density at radius 2 is 1.61 bits per heavy atom. The van der Waals surface area contributed by atoms with Gasteiger partial charge in [-0.05, 0) is 65.3 Å². The molecule has 4 nitrogen and oxygen atoms in total. The summed E-state index contributed by atoms with van der Waals surface area (Å²) in [7, 11) is -1.76. The van der Waals surface area contributed by atoms with Crippen LogP contribution in [-0.4, -0.2) is 23.0 Å². The van der Waals surface area contributed by atoms with Crippen molar-refractivity contribution in [3.8, 4) is 22.5 Å². The molecule has 4 heterocycles. The van der Waals surface area contributed by atoms with E-state index in [4.69, 9.17) is 14.0 Å². The number of fused-ring (bicyclic) bond motifs is 3. The second kappa shape index (κ2) is 15.1. The third-order valence-corrected chi connectivity index (χ3v) is 9.60. The van der Waals surface area contributed by atoms with E-state index in [-0.39, 0.29) is 31.5 Å². The van der Waals surface area contributed by atoms with E-state index in [9.17, 15) is 0 Å². The molecule has 0 atom stereocenters. The zero-order valence-corrected chi connectivity index (χ0v) is 31.9. The first-order valence-electron chi connectivity index (χ1n) is 19.4. The van der Waals surface area contributed by atoms with Gasteiger partial charge < -0.3 is 14.4 Å². The quantitative estimate of drug-likeness (QED) is 0.124. The minimum absolute atomic E-state index is 0. The van der Waals surface area contributed by atoms with Crippen LogP contribution < -0.4 is 5.19 Å². The zero-order valence-electron chi connectivity index (χ0n) is 35.5. The van der Waals surface area contributed by atoms with E-state index >= 15 is 0 Å². The molecule has 0 spiro atoms. The summed E-state index contributed by atoms with van der Waals surface area (Å²) >= 11 is 0. The van der Waals surface area contributed by atoms with Crippen LogP contribution in [0.2, 0.25) is 19.6 Å². The third kappa shape index (κ3) is 8.88. The maximum absolute atomic E-state index is 8.84. The van der Waals surface area contributed by atoms with Crippen molar-refractivity contribution in [1.82, 2.24) is 15.0 Å². The van der Waals surface area contributed by atoms with Crippen LogP contribution in [0.3, 0.4) is 0 Å². The van der Waals surface area contributed by atoms with E-state index in [2.05, 4.69) is 46.7 Å². The second-order valence-electron chi connectivity index (χ2n) is 13.7. The van der Waals surface area contributed by atoms with Gasteiger partial charge in [0.25, 0.3) is 0 Å². The average Bonchev–Trinajstić information content (AvgIpc) is 3.53. The number of hydrogen-bond acceptors (Lipinski definition) is 4. The van der Waals surface area contributed by atoms with Gasteiger partial charge >= 0.3 is 0 Å². The van der Waals surface area contributed by atoms with Crippen LogP contribution >= 0.6 is 0 Å². The van der Waals surface area contributed by atoms with Gasteiger partial charge in [-0.1, -0.05) is 105 Å². The number of rotatable bonds is 6. The van der Waals surface area contributed by atoms with Gasteiger partial charge in [0.1, 0.15) is 0 Å². The van der Waals surface area contributed by atoms with E-state index in [1.165, 1.54) is 6.07 Å².